The third-order valence-electron chi connectivity index (χ3n) is 16.7. The maximum atomic E-state index is 5.39. The van der Waals surface area contributed by atoms with Gasteiger partial charge in [0.2, 0.25) is 0 Å². The molecule has 0 bridgehead atoms. The molecule has 0 aliphatic heterocycles. The molecule has 1 aliphatic carbocycles. The zero-order valence-corrected chi connectivity index (χ0v) is 42.0. The molecule has 0 amide bonds. The summed E-state index contributed by atoms with van der Waals surface area (Å²) in [4.78, 5) is 10.8. The average Bonchev–Trinajstić information content (AvgIpc) is 4.12. The van der Waals surface area contributed by atoms with Crippen molar-refractivity contribution in [2.45, 2.75) is 19.3 Å². The molecule has 13 aromatic carbocycles. The Kier molecular flexibility index (Phi) is 9.09. The van der Waals surface area contributed by atoms with Gasteiger partial charge in [0.15, 0.2) is 5.82 Å². The monoisotopic (exact) mass is 965 g/mol. The van der Waals surface area contributed by atoms with Crippen LogP contribution in [0.5, 0.6) is 0 Å². The van der Waals surface area contributed by atoms with Gasteiger partial charge in [0.1, 0.15) is 0 Å². The van der Waals surface area contributed by atoms with Crippen LogP contribution < -0.4 is 0 Å². The molecule has 16 rings (SSSR count). The Labute approximate surface area is 439 Å². The Morgan fingerprint density at radius 1 is 0.276 bits per heavy atom. The van der Waals surface area contributed by atoms with Crippen LogP contribution in [-0.2, 0) is 5.41 Å². The quantitative estimate of drug-likeness (QED) is 0.161. The largest absolute Gasteiger partial charge is 0.309 e. The topological polar surface area (TPSA) is 30.7 Å². The predicted molar refractivity (Wildman–Crippen MR) is 321 cm³/mol. The van der Waals surface area contributed by atoms with Gasteiger partial charge in [0, 0.05) is 38.6 Å². The minimum Gasteiger partial charge on any atom is -0.309 e. The van der Waals surface area contributed by atoms with Crippen molar-refractivity contribution in [1.82, 2.24) is 14.5 Å². The van der Waals surface area contributed by atoms with Gasteiger partial charge in [-0.3, -0.25) is 0 Å². The van der Waals surface area contributed by atoms with Crippen LogP contribution in [0.2, 0.25) is 0 Å². The van der Waals surface area contributed by atoms with E-state index in [0.29, 0.717) is 5.82 Å². The van der Waals surface area contributed by atoms with Crippen LogP contribution in [0.15, 0.2) is 249 Å². The van der Waals surface area contributed by atoms with Crippen molar-refractivity contribution in [3.63, 3.8) is 0 Å². The summed E-state index contributed by atoms with van der Waals surface area (Å²) in [5.41, 5.74) is 15.6. The first-order chi connectivity index (χ1) is 37.4. The molecule has 0 atom stereocenters. The van der Waals surface area contributed by atoms with Gasteiger partial charge < -0.3 is 4.57 Å². The molecule has 0 unspecified atom stereocenters. The van der Waals surface area contributed by atoms with E-state index in [4.69, 9.17) is 9.97 Å². The van der Waals surface area contributed by atoms with Gasteiger partial charge in [-0.2, -0.15) is 0 Å². The normalized spacial score (nSPS) is 13.0. The number of fused-ring (bicyclic) bond motifs is 18. The van der Waals surface area contributed by atoms with Crippen molar-refractivity contribution in [2.24, 2.45) is 0 Å². The molecule has 0 saturated heterocycles. The first-order valence-electron chi connectivity index (χ1n) is 26.4. The lowest BCUT2D eigenvalue weighted by molar-refractivity contribution is 0.662. The Morgan fingerprint density at radius 2 is 0.658 bits per heavy atom. The van der Waals surface area contributed by atoms with E-state index in [0.717, 1.165) is 55.9 Å². The summed E-state index contributed by atoms with van der Waals surface area (Å²) in [5.74, 6) is 0.673. The summed E-state index contributed by atoms with van der Waals surface area (Å²) in [5, 5.41) is 17.8. The first kappa shape index (κ1) is 42.8. The molecule has 76 heavy (non-hydrogen) atoms. The van der Waals surface area contributed by atoms with Crippen molar-refractivity contribution >= 4 is 86.4 Å². The van der Waals surface area contributed by atoms with E-state index in [1.807, 2.05) is 0 Å². The second kappa shape index (κ2) is 16.1. The summed E-state index contributed by atoms with van der Waals surface area (Å²) in [7, 11) is 0. The highest BCUT2D eigenvalue weighted by atomic mass is 15.0. The fourth-order valence-corrected chi connectivity index (χ4v) is 13.1. The molecule has 3 nitrogen and oxygen atoms in total. The number of benzene rings is 13. The van der Waals surface area contributed by atoms with Crippen molar-refractivity contribution in [3.8, 4) is 61.8 Å². The lowest BCUT2D eigenvalue weighted by Crippen LogP contribution is -2.15. The van der Waals surface area contributed by atoms with E-state index in [1.165, 1.54) is 97.7 Å². The van der Waals surface area contributed by atoms with Crippen molar-refractivity contribution in [3.05, 3.63) is 260 Å². The summed E-state index contributed by atoms with van der Waals surface area (Å²) < 4.78 is 2.41. The lowest BCUT2D eigenvalue weighted by atomic mass is 9.80. The highest BCUT2D eigenvalue weighted by Crippen LogP contribution is 2.54. The summed E-state index contributed by atoms with van der Waals surface area (Å²) in [6.07, 6.45) is 0. The fourth-order valence-electron chi connectivity index (χ4n) is 13.1. The minimum absolute atomic E-state index is 0.203. The van der Waals surface area contributed by atoms with Crippen LogP contribution in [0.4, 0.5) is 0 Å². The molecule has 2 heterocycles. The molecular weight excluding hydrogens is 919 g/mol. The van der Waals surface area contributed by atoms with E-state index in [2.05, 4.69) is 267 Å². The van der Waals surface area contributed by atoms with E-state index in [-0.39, 0.29) is 5.41 Å². The van der Waals surface area contributed by atoms with Gasteiger partial charge in [-0.15, -0.1) is 0 Å². The van der Waals surface area contributed by atoms with Crippen LogP contribution in [0.3, 0.4) is 0 Å². The second-order valence-electron chi connectivity index (χ2n) is 21.2. The van der Waals surface area contributed by atoms with E-state index >= 15 is 0 Å². The zero-order chi connectivity index (χ0) is 50.2. The highest BCUT2D eigenvalue weighted by Gasteiger charge is 2.37. The lowest BCUT2D eigenvalue weighted by Gasteiger charge is -2.23. The van der Waals surface area contributed by atoms with Crippen LogP contribution >= 0.6 is 0 Å². The Bertz CT molecular complexity index is 4840. The number of hydrogen-bond donors (Lipinski definition) is 0. The smallest absolute Gasteiger partial charge is 0.160 e. The Morgan fingerprint density at radius 3 is 1.14 bits per heavy atom. The number of para-hydroxylation sites is 2. The molecule has 0 radical (unpaired) electrons. The summed E-state index contributed by atoms with van der Waals surface area (Å²) in [6.45, 7) is 4.84. The summed E-state index contributed by atoms with van der Waals surface area (Å²) >= 11 is 0. The van der Waals surface area contributed by atoms with Gasteiger partial charge in [0.25, 0.3) is 0 Å². The number of rotatable bonds is 5. The molecule has 1 aliphatic rings. The molecule has 0 saturated carbocycles. The van der Waals surface area contributed by atoms with Crippen LogP contribution in [-0.4, -0.2) is 14.5 Å². The molecule has 0 N–H and O–H groups in total. The Hall–Kier alpha value is -9.70. The number of hydrogen-bond acceptors (Lipinski definition) is 2. The zero-order valence-electron chi connectivity index (χ0n) is 42.0. The predicted octanol–water partition coefficient (Wildman–Crippen LogP) is 19.5. The fraction of sp³-hybridized carbons (Fsp3) is 0.0411. The molecule has 3 heteroatoms. The molecule has 15 aromatic rings. The maximum Gasteiger partial charge on any atom is 0.160 e. The Balaban J connectivity index is 0.940. The molecule has 0 spiro atoms. The van der Waals surface area contributed by atoms with E-state index < -0.39 is 0 Å². The van der Waals surface area contributed by atoms with Gasteiger partial charge in [-0.05, 0) is 165 Å². The van der Waals surface area contributed by atoms with Crippen LogP contribution in [0.1, 0.15) is 25.0 Å². The van der Waals surface area contributed by atoms with E-state index in [1.54, 1.807) is 0 Å². The van der Waals surface area contributed by atoms with Gasteiger partial charge in [-0.25, -0.2) is 9.97 Å². The maximum absolute atomic E-state index is 5.39. The van der Waals surface area contributed by atoms with Crippen molar-refractivity contribution in [2.75, 3.05) is 0 Å². The van der Waals surface area contributed by atoms with Crippen molar-refractivity contribution < 1.29 is 0 Å². The molecule has 2 aromatic heterocycles. The summed E-state index contributed by atoms with van der Waals surface area (Å²) in [6, 6.07) is 91.5. The SMILES string of the molecule is CC1(C)c2cc3c4ccccc4c4ccccc4c3cc2-c2cc3c4ccc(-c5cc(-c6nc(-c7ccccc7)cc(-c7ccccc7)n6)cc(-n6c7ccccc7c7ccccc76)c5)cc4c4ccccc4c3cc21. The van der Waals surface area contributed by atoms with E-state index in [9.17, 15) is 0 Å². The molecular formula is C73H47N3. The number of aromatic nitrogens is 3. The molecule has 354 valence electrons. The average molecular weight is 966 g/mol. The van der Waals surface area contributed by atoms with Gasteiger partial charge in [-0.1, -0.05) is 196 Å². The van der Waals surface area contributed by atoms with Gasteiger partial charge in [0.05, 0.1) is 22.4 Å². The minimum atomic E-state index is -0.203. The first-order valence-corrected chi connectivity index (χ1v) is 26.4. The third-order valence-corrected chi connectivity index (χ3v) is 16.7. The van der Waals surface area contributed by atoms with Crippen molar-refractivity contribution in [1.29, 1.82) is 0 Å². The molecule has 0 fully saturated rings. The highest BCUT2D eigenvalue weighted by molar-refractivity contribution is 6.28. The van der Waals surface area contributed by atoms with Crippen LogP contribution in [0.25, 0.3) is 148 Å². The van der Waals surface area contributed by atoms with Gasteiger partial charge >= 0.3 is 0 Å². The third kappa shape index (κ3) is 6.30. The second-order valence-corrected chi connectivity index (χ2v) is 21.2. The number of nitrogens with zero attached hydrogens (tertiary/aromatic N) is 3. The standard InChI is InChI=1S/C73H47N3/c1-73(2)66-41-62-53-26-12-10-24-51(53)50-23-9-11-25-52(50)60(62)39-64(66)65-40-61-56-34-33-46(38-59(56)54-27-13-14-28-55(54)63(61)42-67(65)73)47-35-48(37-49(36-47)76-70-31-17-15-29-57(70)58-30-16-18-32-71(58)76)72-74-68(44-19-5-3-6-20-44)43-69(75-72)45-21-7-4-8-22-45/h3-43H,1-2H3. The van der Waals surface area contributed by atoms with Crippen LogP contribution in [0, 0.1) is 0 Å².